The Hall–Kier alpha value is -0.450. The van der Waals surface area contributed by atoms with Gasteiger partial charge in [-0.3, -0.25) is 0 Å². The van der Waals surface area contributed by atoms with Gasteiger partial charge in [-0.25, -0.2) is 4.98 Å². The van der Waals surface area contributed by atoms with E-state index in [1.807, 2.05) is 0 Å². The lowest BCUT2D eigenvalue weighted by Gasteiger charge is -2.25. The van der Waals surface area contributed by atoms with Gasteiger partial charge in [-0.05, 0) is 12.8 Å². The van der Waals surface area contributed by atoms with Gasteiger partial charge in [-0.15, -0.1) is 11.3 Å². The quantitative estimate of drug-likeness (QED) is 0.861. The minimum atomic E-state index is -0.190. The molecule has 0 radical (unpaired) electrons. The van der Waals surface area contributed by atoms with Crippen LogP contribution in [0.3, 0.4) is 0 Å². The molecule has 4 heteroatoms. The molecule has 0 fully saturated rings. The van der Waals surface area contributed by atoms with E-state index >= 15 is 0 Å². The van der Waals surface area contributed by atoms with E-state index in [0.717, 1.165) is 23.5 Å². The second-order valence-corrected chi connectivity index (χ2v) is 6.88. The molecule has 1 rings (SSSR count). The van der Waals surface area contributed by atoms with E-state index < -0.39 is 0 Å². The van der Waals surface area contributed by atoms with Crippen LogP contribution in [-0.2, 0) is 16.8 Å². The number of rotatable bonds is 6. The number of nitrogens with zero attached hydrogens (tertiary/aromatic N) is 1. The summed E-state index contributed by atoms with van der Waals surface area (Å²) < 4.78 is 5.72. The van der Waals surface area contributed by atoms with E-state index in [1.54, 1.807) is 11.3 Å². The first-order chi connectivity index (χ1) is 8.30. The van der Waals surface area contributed by atoms with Crippen molar-refractivity contribution in [2.45, 2.75) is 65.0 Å². The summed E-state index contributed by atoms with van der Waals surface area (Å²) in [4.78, 5) is 4.61. The molecular weight excluding hydrogens is 244 g/mol. The summed E-state index contributed by atoms with van der Waals surface area (Å²) in [5, 5.41) is 3.16. The number of nitrogens with two attached hydrogens (primary N) is 1. The highest BCUT2D eigenvalue weighted by Crippen LogP contribution is 2.24. The highest BCUT2D eigenvalue weighted by molar-refractivity contribution is 7.09. The average Bonchev–Trinajstić information content (AvgIpc) is 2.77. The molecule has 0 unspecified atom stereocenters. The highest BCUT2D eigenvalue weighted by atomic mass is 32.1. The topological polar surface area (TPSA) is 48.1 Å². The van der Waals surface area contributed by atoms with Gasteiger partial charge in [-0.1, -0.05) is 34.6 Å². The Kier molecular flexibility index (Phi) is 5.32. The van der Waals surface area contributed by atoms with Crippen molar-refractivity contribution in [2.24, 2.45) is 5.73 Å². The summed E-state index contributed by atoms with van der Waals surface area (Å²) in [6.07, 6.45) is 1.88. The lowest BCUT2D eigenvalue weighted by Crippen LogP contribution is -2.43. The third-order valence-corrected chi connectivity index (χ3v) is 4.17. The molecule has 0 saturated carbocycles. The van der Waals surface area contributed by atoms with Crippen LogP contribution in [0.15, 0.2) is 5.38 Å². The van der Waals surface area contributed by atoms with E-state index in [2.05, 4.69) is 45.0 Å². The van der Waals surface area contributed by atoms with Crippen LogP contribution in [0.2, 0.25) is 0 Å². The molecule has 0 amide bonds. The number of hydrogen-bond donors (Lipinski definition) is 1. The standard InChI is InChI=1S/C14H26N2OS/c1-6-14(15,7-2)10-17-8-12-16-11(9-18-12)13(3,4)5/h9H,6-8,10,15H2,1-5H3. The number of hydrogen-bond acceptors (Lipinski definition) is 4. The first kappa shape index (κ1) is 15.6. The predicted molar refractivity (Wildman–Crippen MR) is 78.0 cm³/mol. The van der Waals surface area contributed by atoms with E-state index in [-0.39, 0.29) is 11.0 Å². The van der Waals surface area contributed by atoms with Gasteiger partial charge in [0.15, 0.2) is 0 Å². The zero-order valence-electron chi connectivity index (χ0n) is 12.2. The Balaban J connectivity index is 2.48. The van der Waals surface area contributed by atoms with Gasteiger partial charge in [0.05, 0.1) is 18.9 Å². The predicted octanol–water partition coefficient (Wildman–Crippen LogP) is 3.47. The average molecular weight is 270 g/mol. The Labute approximate surface area is 115 Å². The molecule has 0 bridgehead atoms. The summed E-state index contributed by atoms with van der Waals surface area (Å²) in [6, 6.07) is 0. The third kappa shape index (κ3) is 4.34. The molecule has 0 atom stereocenters. The fourth-order valence-electron chi connectivity index (χ4n) is 1.52. The van der Waals surface area contributed by atoms with Crippen molar-refractivity contribution in [2.75, 3.05) is 6.61 Å². The smallest absolute Gasteiger partial charge is 0.119 e. The van der Waals surface area contributed by atoms with Crippen LogP contribution in [0, 0.1) is 0 Å². The molecule has 0 aromatic carbocycles. The van der Waals surface area contributed by atoms with E-state index in [0.29, 0.717) is 13.2 Å². The minimum absolute atomic E-state index is 0.110. The third-order valence-electron chi connectivity index (χ3n) is 3.34. The summed E-state index contributed by atoms with van der Waals surface area (Å²) in [6.45, 7) is 11.9. The van der Waals surface area contributed by atoms with Gasteiger partial charge >= 0.3 is 0 Å². The molecule has 0 spiro atoms. The fourth-order valence-corrected chi connectivity index (χ4v) is 2.47. The highest BCUT2D eigenvalue weighted by Gasteiger charge is 2.21. The van der Waals surface area contributed by atoms with Crippen molar-refractivity contribution in [1.29, 1.82) is 0 Å². The lowest BCUT2D eigenvalue weighted by atomic mass is 9.93. The summed E-state index contributed by atoms with van der Waals surface area (Å²) >= 11 is 1.67. The van der Waals surface area contributed by atoms with Gasteiger partial charge in [0, 0.05) is 16.3 Å². The Bertz CT molecular complexity index is 364. The monoisotopic (exact) mass is 270 g/mol. The fraction of sp³-hybridized carbons (Fsp3) is 0.786. The largest absolute Gasteiger partial charge is 0.372 e. The zero-order chi connectivity index (χ0) is 13.8. The van der Waals surface area contributed by atoms with E-state index in [4.69, 9.17) is 10.5 Å². The van der Waals surface area contributed by atoms with Crippen molar-refractivity contribution in [3.63, 3.8) is 0 Å². The molecular formula is C14H26N2OS. The maximum absolute atomic E-state index is 6.19. The molecule has 2 N–H and O–H groups in total. The molecule has 0 saturated heterocycles. The van der Waals surface area contributed by atoms with Crippen molar-refractivity contribution < 1.29 is 4.74 Å². The van der Waals surface area contributed by atoms with Gasteiger partial charge in [0.25, 0.3) is 0 Å². The molecule has 0 aliphatic rings. The summed E-state index contributed by atoms with van der Waals surface area (Å²) in [7, 11) is 0. The van der Waals surface area contributed by atoms with Gasteiger partial charge in [0.2, 0.25) is 0 Å². The van der Waals surface area contributed by atoms with Crippen molar-refractivity contribution in [3.8, 4) is 0 Å². The number of ether oxygens (including phenoxy) is 1. The second kappa shape index (κ2) is 6.13. The molecule has 3 nitrogen and oxygen atoms in total. The van der Waals surface area contributed by atoms with Crippen LogP contribution in [-0.4, -0.2) is 17.1 Å². The van der Waals surface area contributed by atoms with Crippen LogP contribution in [0.5, 0.6) is 0 Å². The molecule has 1 aromatic rings. The Morgan fingerprint density at radius 2 is 1.89 bits per heavy atom. The molecule has 104 valence electrons. The van der Waals surface area contributed by atoms with Crippen LogP contribution in [0.1, 0.15) is 58.2 Å². The summed E-state index contributed by atoms with van der Waals surface area (Å²) in [5.41, 5.74) is 7.25. The van der Waals surface area contributed by atoms with E-state index in [1.165, 1.54) is 0 Å². The lowest BCUT2D eigenvalue weighted by molar-refractivity contribution is 0.0694. The van der Waals surface area contributed by atoms with Crippen molar-refractivity contribution >= 4 is 11.3 Å². The first-order valence-corrected chi connectivity index (χ1v) is 7.50. The second-order valence-electron chi connectivity index (χ2n) is 5.94. The SMILES string of the molecule is CCC(N)(CC)COCc1nc(C(C)(C)C)cs1. The minimum Gasteiger partial charge on any atom is -0.372 e. The summed E-state index contributed by atoms with van der Waals surface area (Å²) in [5.74, 6) is 0. The molecule has 0 aliphatic carbocycles. The molecule has 18 heavy (non-hydrogen) atoms. The maximum atomic E-state index is 6.19. The van der Waals surface area contributed by atoms with Gasteiger partial charge < -0.3 is 10.5 Å². The number of thiazole rings is 1. The normalized spacial score (nSPS) is 13.0. The maximum Gasteiger partial charge on any atom is 0.119 e. The Morgan fingerprint density at radius 1 is 1.28 bits per heavy atom. The number of aromatic nitrogens is 1. The van der Waals surface area contributed by atoms with Crippen molar-refractivity contribution in [1.82, 2.24) is 4.98 Å². The Morgan fingerprint density at radius 3 is 2.33 bits per heavy atom. The van der Waals surface area contributed by atoms with Gasteiger partial charge in [-0.2, -0.15) is 0 Å². The van der Waals surface area contributed by atoms with Crippen LogP contribution >= 0.6 is 11.3 Å². The molecule has 1 heterocycles. The van der Waals surface area contributed by atoms with Crippen molar-refractivity contribution in [3.05, 3.63) is 16.1 Å². The molecule has 1 aromatic heterocycles. The zero-order valence-corrected chi connectivity index (χ0v) is 13.1. The van der Waals surface area contributed by atoms with E-state index in [9.17, 15) is 0 Å². The van der Waals surface area contributed by atoms with Crippen LogP contribution < -0.4 is 5.73 Å². The van der Waals surface area contributed by atoms with Crippen LogP contribution in [0.25, 0.3) is 0 Å². The molecule has 0 aliphatic heterocycles. The first-order valence-electron chi connectivity index (χ1n) is 6.62. The van der Waals surface area contributed by atoms with Gasteiger partial charge in [0.1, 0.15) is 5.01 Å². The van der Waals surface area contributed by atoms with Crippen LogP contribution in [0.4, 0.5) is 0 Å².